The first-order chi connectivity index (χ1) is 10.3. The minimum absolute atomic E-state index is 0.659. The maximum Gasteiger partial charge on any atom is 0.203 e. The van der Waals surface area contributed by atoms with Crippen LogP contribution in [0.15, 0.2) is 12.1 Å². The highest BCUT2D eigenvalue weighted by molar-refractivity contribution is 7.99. The topological polar surface area (TPSA) is 39.7 Å². The van der Waals surface area contributed by atoms with Gasteiger partial charge in [-0.2, -0.15) is 11.8 Å². The molecule has 1 aromatic carbocycles. The molecule has 21 heavy (non-hydrogen) atoms. The number of ether oxygens (including phenoxy) is 3. The van der Waals surface area contributed by atoms with Crippen LogP contribution in [0.4, 0.5) is 0 Å². The summed E-state index contributed by atoms with van der Waals surface area (Å²) in [7, 11) is 4.93. The summed E-state index contributed by atoms with van der Waals surface area (Å²) < 4.78 is 16.2. The van der Waals surface area contributed by atoms with Gasteiger partial charge >= 0.3 is 0 Å². The molecule has 0 spiro atoms. The van der Waals surface area contributed by atoms with Crippen LogP contribution in [0.5, 0.6) is 17.2 Å². The van der Waals surface area contributed by atoms with Gasteiger partial charge < -0.3 is 19.5 Å². The van der Waals surface area contributed by atoms with Crippen molar-refractivity contribution in [3.05, 3.63) is 17.7 Å². The van der Waals surface area contributed by atoms with E-state index >= 15 is 0 Å². The van der Waals surface area contributed by atoms with E-state index in [1.54, 1.807) is 21.3 Å². The molecule has 1 aliphatic heterocycles. The molecule has 2 rings (SSSR count). The van der Waals surface area contributed by atoms with Gasteiger partial charge in [-0.25, -0.2) is 0 Å². The fourth-order valence-electron chi connectivity index (χ4n) is 2.64. The number of hydrogen-bond donors (Lipinski definition) is 1. The Morgan fingerprint density at radius 3 is 2.52 bits per heavy atom. The third-order valence-electron chi connectivity index (χ3n) is 3.75. The van der Waals surface area contributed by atoms with E-state index in [4.69, 9.17) is 14.2 Å². The van der Waals surface area contributed by atoms with Gasteiger partial charge in [-0.3, -0.25) is 0 Å². The third-order valence-corrected chi connectivity index (χ3v) is 5.15. The summed E-state index contributed by atoms with van der Waals surface area (Å²) in [5.74, 6) is 3.40. The van der Waals surface area contributed by atoms with Gasteiger partial charge in [0.15, 0.2) is 11.5 Å². The van der Waals surface area contributed by atoms with Gasteiger partial charge in [0.25, 0.3) is 0 Å². The number of methoxy groups -OCH3 is 3. The van der Waals surface area contributed by atoms with Gasteiger partial charge in [0.05, 0.1) is 21.3 Å². The first-order valence-corrected chi connectivity index (χ1v) is 8.45. The molecule has 1 aliphatic rings. The normalized spacial score (nSPS) is 18.3. The minimum atomic E-state index is 0.659. The summed E-state index contributed by atoms with van der Waals surface area (Å²) in [5.41, 5.74) is 1.09. The Bertz CT molecular complexity index is 447. The summed E-state index contributed by atoms with van der Waals surface area (Å²) in [6.07, 6.45) is 4.05. The lowest BCUT2D eigenvalue weighted by Gasteiger charge is -2.22. The van der Waals surface area contributed by atoms with Gasteiger partial charge in [0.2, 0.25) is 5.75 Å². The standard InChI is InChI=1S/C16H25NO3S/c1-18-14-8-7-12(15(19-2)16(14)20-3)10-17-11-13-6-4-5-9-21-13/h7-8,13,17H,4-6,9-11H2,1-3H3. The van der Waals surface area contributed by atoms with Gasteiger partial charge in [-0.1, -0.05) is 12.5 Å². The molecule has 1 saturated heterocycles. The molecule has 1 atom stereocenters. The van der Waals surface area contributed by atoms with E-state index in [-0.39, 0.29) is 0 Å². The molecule has 0 saturated carbocycles. The fourth-order valence-corrected chi connectivity index (χ4v) is 3.91. The zero-order valence-electron chi connectivity index (χ0n) is 13.1. The third kappa shape index (κ3) is 4.20. The highest BCUT2D eigenvalue weighted by Gasteiger charge is 2.17. The van der Waals surface area contributed by atoms with Crippen molar-refractivity contribution in [3.8, 4) is 17.2 Å². The molecule has 118 valence electrons. The van der Waals surface area contributed by atoms with Gasteiger partial charge in [0, 0.05) is 23.9 Å². The molecule has 0 bridgehead atoms. The van der Waals surface area contributed by atoms with Crippen molar-refractivity contribution in [2.75, 3.05) is 33.6 Å². The van der Waals surface area contributed by atoms with E-state index in [0.717, 1.165) is 29.7 Å². The van der Waals surface area contributed by atoms with Crippen molar-refractivity contribution in [1.82, 2.24) is 5.32 Å². The van der Waals surface area contributed by atoms with Crippen LogP contribution in [0.2, 0.25) is 0 Å². The van der Waals surface area contributed by atoms with Crippen LogP contribution < -0.4 is 19.5 Å². The molecule has 1 unspecified atom stereocenters. The SMILES string of the molecule is COc1ccc(CNCC2CCCCS2)c(OC)c1OC. The Kier molecular flexibility index (Phi) is 6.51. The van der Waals surface area contributed by atoms with Crippen LogP contribution in [0.25, 0.3) is 0 Å². The molecule has 1 fully saturated rings. The molecule has 5 heteroatoms. The van der Waals surface area contributed by atoms with Crippen molar-refractivity contribution in [2.45, 2.75) is 31.1 Å². The Morgan fingerprint density at radius 2 is 1.90 bits per heavy atom. The summed E-state index contributed by atoms with van der Waals surface area (Å²) in [4.78, 5) is 0. The lowest BCUT2D eigenvalue weighted by Crippen LogP contribution is -2.26. The van der Waals surface area contributed by atoms with Crippen molar-refractivity contribution in [3.63, 3.8) is 0 Å². The van der Waals surface area contributed by atoms with E-state index in [1.165, 1.54) is 25.0 Å². The molecule has 0 aromatic heterocycles. The van der Waals surface area contributed by atoms with E-state index in [9.17, 15) is 0 Å². The van der Waals surface area contributed by atoms with Gasteiger partial charge in [-0.15, -0.1) is 0 Å². The van der Waals surface area contributed by atoms with Crippen LogP contribution in [0.1, 0.15) is 24.8 Å². The minimum Gasteiger partial charge on any atom is -0.493 e. The first kappa shape index (κ1) is 16.3. The molecule has 0 aliphatic carbocycles. The van der Waals surface area contributed by atoms with Gasteiger partial charge in [-0.05, 0) is 24.7 Å². The molecule has 1 N–H and O–H groups in total. The molecule has 4 nitrogen and oxygen atoms in total. The highest BCUT2D eigenvalue weighted by atomic mass is 32.2. The second-order valence-corrected chi connectivity index (χ2v) is 6.52. The van der Waals surface area contributed by atoms with E-state index < -0.39 is 0 Å². The van der Waals surface area contributed by atoms with Crippen molar-refractivity contribution in [2.24, 2.45) is 0 Å². The Balaban J connectivity index is 1.98. The smallest absolute Gasteiger partial charge is 0.203 e. The van der Waals surface area contributed by atoms with Crippen molar-refractivity contribution in [1.29, 1.82) is 0 Å². The molecule has 1 heterocycles. The summed E-state index contributed by atoms with van der Waals surface area (Å²) in [6, 6.07) is 3.95. The van der Waals surface area contributed by atoms with Crippen LogP contribution in [-0.2, 0) is 6.54 Å². The average molecular weight is 311 g/mol. The van der Waals surface area contributed by atoms with Crippen LogP contribution in [-0.4, -0.2) is 38.9 Å². The van der Waals surface area contributed by atoms with Gasteiger partial charge in [0.1, 0.15) is 0 Å². The first-order valence-electron chi connectivity index (χ1n) is 7.40. The van der Waals surface area contributed by atoms with E-state index in [2.05, 4.69) is 17.1 Å². The number of benzene rings is 1. The quantitative estimate of drug-likeness (QED) is 0.838. The summed E-state index contributed by atoms with van der Waals surface area (Å²) >= 11 is 2.08. The Hall–Kier alpha value is -1.07. The maximum atomic E-state index is 5.50. The lowest BCUT2D eigenvalue weighted by atomic mass is 10.1. The second-order valence-electron chi connectivity index (χ2n) is 5.11. The summed E-state index contributed by atoms with van der Waals surface area (Å²) in [5, 5.41) is 4.28. The predicted octanol–water partition coefficient (Wildman–Crippen LogP) is 3.09. The number of thioether (sulfide) groups is 1. The molecular formula is C16H25NO3S. The van der Waals surface area contributed by atoms with Crippen LogP contribution >= 0.6 is 11.8 Å². The predicted molar refractivity (Wildman–Crippen MR) is 87.9 cm³/mol. The molecule has 0 radical (unpaired) electrons. The second kappa shape index (κ2) is 8.39. The van der Waals surface area contributed by atoms with E-state index in [1.807, 2.05) is 12.1 Å². The van der Waals surface area contributed by atoms with Crippen LogP contribution in [0, 0.1) is 0 Å². The zero-order chi connectivity index (χ0) is 15.1. The molecule has 0 amide bonds. The fraction of sp³-hybridized carbons (Fsp3) is 0.625. The number of rotatable bonds is 7. The average Bonchev–Trinajstić information content (AvgIpc) is 2.55. The van der Waals surface area contributed by atoms with Crippen molar-refractivity contribution < 1.29 is 14.2 Å². The monoisotopic (exact) mass is 311 g/mol. The van der Waals surface area contributed by atoms with Crippen molar-refractivity contribution >= 4 is 11.8 Å². The maximum absolute atomic E-state index is 5.50. The Morgan fingerprint density at radius 1 is 1.10 bits per heavy atom. The molecule has 1 aromatic rings. The van der Waals surface area contributed by atoms with Crippen LogP contribution in [0.3, 0.4) is 0 Å². The largest absolute Gasteiger partial charge is 0.493 e. The zero-order valence-corrected chi connectivity index (χ0v) is 13.9. The Labute approximate surface area is 131 Å². The number of hydrogen-bond acceptors (Lipinski definition) is 5. The summed E-state index contributed by atoms with van der Waals surface area (Å²) in [6.45, 7) is 1.82. The van der Waals surface area contributed by atoms with E-state index in [0.29, 0.717) is 11.5 Å². The lowest BCUT2D eigenvalue weighted by molar-refractivity contribution is 0.321. The highest BCUT2D eigenvalue weighted by Crippen LogP contribution is 2.39. The molecular weight excluding hydrogens is 286 g/mol. The number of nitrogens with one attached hydrogen (secondary N) is 1.